The van der Waals surface area contributed by atoms with E-state index in [1.165, 1.54) is 0 Å². The average molecular weight is 225 g/mol. The minimum Gasteiger partial charge on any atom is -0.487 e. The monoisotopic (exact) mass is 225 g/mol. The van der Waals surface area contributed by atoms with E-state index >= 15 is 0 Å². The summed E-state index contributed by atoms with van der Waals surface area (Å²) in [5, 5.41) is 0. The first-order valence-corrected chi connectivity index (χ1v) is 5.55. The van der Waals surface area contributed by atoms with Crippen LogP contribution in [0.25, 0.3) is 6.08 Å². The van der Waals surface area contributed by atoms with Gasteiger partial charge in [0.15, 0.2) is 0 Å². The van der Waals surface area contributed by atoms with E-state index in [0.717, 1.165) is 11.3 Å². The molecule has 2 rings (SSSR count). The van der Waals surface area contributed by atoms with Crippen molar-refractivity contribution < 1.29 is 4.74 Å². The van der Waals surface area contributed by atoms with Crippen molar-refractivity contribution in [3.05, 3.63) is 66.2 Å². The summed E-state index contributed by atoms with van der Waals surface area (Å²) >= 11 is 0. The second-order valence-corrected chi connectivity index (χ2v) is 3.66. The number of benzene rings is 2. The molecule has 0 fully saturated rings. The molecule has 0 radical (unpaired) electrons. The van der Waals surface area contributed by atoms with Gasteiger partial charge in [-0.05, 0) is 23.8 Å². The second kappa shape index (κ2) is 5.75. The zero-order valence-electron chi connectivity index (χ0n) is 9.54. The molecule has 2 aromatic rings. The highest BCUT2D eigenvalue weighted by Gasteiger charge is 1.95. The lowest BCUT2D eigenvalue weighted by atomic mass is 10.2. The van der Waals surface area contributed by atoms with E-state index in [1.807, 2.05) is 66.7 Å². The summed E-state index contributed by atoms with van der Waals surface area (Å²) in [5.41, 5.74) is 7.60. The summed E-state index contributed by atoms with van der Waals surface area (Å²) in [6.07, 6.45) is 4.00. The maximum atomic E-state index is 5.76. The van der Waals surface area contributed by atoms with Crippen LogP contribution in [0.3, 0.4) is 0 Å². The molecule has 2 heteroatoms. The lowest BCUT2D eigenvalue weighted by molar-refractivity contribution is 0.365. The van der Waals surface area contributed by atoms with Gasteiger partial charge < -0.3 is 10.5 Å². The average Bonchev–Trinajstić information content (AvgIpc) is 2.38. The molecule has 2 nitrogen and oxygen atoms in total. The van der Waals surface area contributed by atoms with Crippen LogP contribution < -0.4 is 10.5 Å². The van der Waals surface area contributed by atoms with Gasteiger partial charge >= 0.3 is 0 Å². The topological polar surface area (TPSA) is 35.2 Å². The molecule has 0 aliphatic rings. The Kier molecular flexibility index (Phi) is 3.81. The number of anilines is 1. The molecule has 2 N–H and O–H groups in total. The third-order valence-corrected chi connectivity index (χ3v) is 2.36. The van der Waals surface area contributed by atoms with Gasteiger partial charge in [0.2, 0.25) is 0 Å². The van der Waals surface area contributed by atoms with E-state index in [2.05, 4.69) is 0 Å². The highest BCUT2D eigenvalue weighted by atomic mass is 16.5. The molecule has 0 aliphatic carbocycles. The Morgan fingerprint density at radius 2 is 1.65 bits per heavy atom. The van der Waals surface area contributed by atoms with E-state index in [9.17, 15) is 0 Å². The molecule has 17 heavy (non-hydrogen) atoms. The Morgan fingerprint density at radius 3 is 2.41 bits per heavy atom. The number of hydrogen-bond acceptors (Lipinski definition) is 2. The standard InChI is InChI=1S/C15H15NO/c16-14-10-4-5-11-15(14)17-12-6-9-13-7-2-1-3-8-13/h1-11H,12,16H2/b9-6-. The van der Waals surface area contributed by atoms with Crippen LogP contribution >= 0.6 is 0 Å². The Bertz CT molecular complexity index is 491. The molecular formula is C15H15NO. The Labute approximate surface area is 101 Å². The first kappa shape index (κ1) is 11.3. The van der Waals surface area contributed by atoms with Gasteiger partial charge in [-0.1, -0.05) is 48.5 Å². The van der Waals surface area contributed by atoms with Gasteiger partial charge in [0.25, 0.3) is 0 Å². The van der Waals surface area contributed by atoms with E-state index in [4.69, 9.17) is 10.5 Å². The molecule has 86 valence electrons. The number of nitrogen functional groups attached to an aromatic ring is 1. The maximum absolute atomic E-state index is 5.76. The lowest BCUT2D eigenvalue weighted by Crippen LogP contribution is -1.97. The smallest absolute Gasteiger partial charge is 0.142 e. The Hall–Kier alpha value is -2.22. The van der Waals surface area contributed by atoms with Gasteiger partial charge in [-0.2, -0.15) is 0 Å². The van der Waals surface area contributed by atoms with Gasteiger partial charge in [0.1, 0.15) is 12.4 Å². The van der Waals surface area contributed by atoms with Crippen LogP contribution in [-0.2, 0) is 0 Å². The minimum absolute atomic E-state index is 0.517. The van der Waals surface area contributed by atoms with Crippen LogP contribution in [0.4, 0.5) is 5.69 Å². The molecule has 0 saturated heterocycles. The molecule has 0 saturated carbocycles. The highest BCUT2D eigenvalue weighted by Crippen LogP contribution is 2.19. The molecule has 0 unspecified atom stereocenters. The fourth-order valence-corrected chi connectivity index (χ4v) is 1.50. The molecule has 0 heterocycles. The molecule has 0 aliphatic heterocycles. The predicted molar refractivity (Wildman–Crippen MR) is 71.8 cm³/mol. The van der Waals surface area contributed by atoms with Crippen LogP contribution in [0.1, 0.15) is 5.56 Å². The minimum atomic E-state index is 0.517. The summed E-state index contributed by atoms with van der Waals surface area (Å²) in [5.74, 6) is 0.727. The number of rotatable bonds is 4. The molecule has 2 aromatic carbocycles. The van der Waals surface area contributed by atoms with Gasteiger partial charge in [-0.3, -0.25) is 0 Å². The van der Waals surface area contributed by atoms with Gasteiger partial charge in [0.05, 0.1) is 5.69 Å². The predicted octanol–water partition coefficient (Wildman–Crippen LogP) is 3.36. The summed E-state index contributed by atoms with van der Waals surface area (Å²) < 4.78 is 5.55. The van der Waals surface area contributed by atoms with Crippen LogP contribution in [0.15, 0.2) is 60.7 Å². The quantitative estimate of drug-likeness (QED) is 0.810. The maximum Gasteiger partial charge on any atom is 0.142 e. The van der Waals surface area contributed by atoms with Gasteiger partial charge in [0, 0.05) is 0 Å². The fourth-order valence-electron chi connectivity index (χ4n) is 1.50. The molecule has 0 spiro atoms. The number of hydrogen-bond donors (Lipinski definition) is 1. The Morgan fingerprint density at radius 1 is 0.941 bits per heavy atom. The number of para-hydroxylation sites is 2. The first-order chi connectivity index (χ1) is 8.36. The summed E-state index contributed by atoms with van der Waals surface area (Å²) in [4.78, 5) is 0. The van der Waals surface area contributed by atoms with E-state index in [-0.39, 0.29) is 0 Å². The molecule has 0 amide bonds. The highest BCUT2D eigenvalue weighted by molar-refractivity contribution is 5.52. The summed E-state index contributed by atoms with van der Waals surface area (Å²) in [6.45, 7) is 0.517. The molecular weight excluding hydrogens is 210 g/mol. The van der Waals surface area contributed by atoms with Crippen LogP contribution in [0.2, 0.25) is 0 Å². The molecule has 0 atom stereocenters. The number of nitrogens with two attached hydrogens (primary N) is 1. The second-order valence-electron chi connectivity index (χ2n) is 3.66. The first-order valence-electron chi connectivity index (χ1n) is 5.55. The van der Waals surface area contributed by atoms with Crippen LogP contribution in [-0.4, -0.2) is 6.61 Å². The van der Waals surface area contributed by atoms with Crippen molar-refractivity contribution in [2.75, 3.05) is 12.3 Å². The Balaban J connectivity index is 1.88. The number of ether oxygens (including phenoxy) is 1. The summed E-state index contributed by atoms with van der Waals surface area (Å²) in [7, 11) is 0. The zero-order valence-corrected chi connectivity index (χ0v) is 9.54. The van der Waals surface area contributed by atoms with Crippen LogP contribution in [0, 0.1) is 0 Å². The third-order valence-electron chi connectivity index (χ3n) is 2.36. The van der Waals surface area contributed by atoms with Gasteiger partial charge in [-0.15, -0.1) is 0 Å². The summed E-state index contributed by atoms with van der Waals surface area (Å²) in [6, 6.07) is 17.6. The van der Waals surface area contributed by atoms with E-state index in [0.29, 0.717) is 12.3 Å². The van der Waals surface area contributed by atoms with E-state index in [1.54, 1.807) is 0 Å². The molecule has 0 aromatic heterocycles. The third kappa shape index (κ3) is 3.38. The lowest BCUT2D eigenvalue weighted by Gasteiger charge is -2.05. The largest absolute Gasteiger partial charge is 0.487 e. The fraction of sp³-hybridized carbons (Fsp3) is 0.0667. The van der Waals surface area contributed by atoms with Crippen molar-refractivity contribution in [1.29, 1.82) is 0 Å². The van der Waals surface area contributed by atoms with Crippen molar-refractivity contribution in [2.24, 2.45) is 0 Å². The van der Waals surface area contributed by atoms with Crippen molar-refractivity contribution in [2.45, 2.75) is 0 Å². The SMILES string of the molecule is Nc1ccccc1OC/C=C\c1ccccc1. The zero-order chi connectivity index (χ0) is 11.9. The van der Waals surface area contributed by atoms with Crippen molar-refractivity contribution in [3.63, 3.8) is 0 Å². The normalized spacial score (nSPS) is 10.6. The van der Waals surface area contributed by atoms with Crippen molar-refractivity contribution in [3.8, 4) is 5.75 Å². The van der Waals surface area contributed by atoms with E-state index < -0.39 is 0 Å². The van der Waals surface area contributed by atoms with Gasteiger partial charge in [-0.25, -0.2) is 0 Å². The van der Waals surface area contributed by atoms with Crippen molar-refractivity contribution in [1.82, 2.24) is 0 Å². The van der Waals surface area contributed by atoms with Crippen LogP contribution in [0.5, 0.6) is 5.75 Å². The van der Waals surface area contributed by atoms with Crippen molar-refractivity contribution >= 4 is 11.8 Å². The molecule has 0 bridgehead atoms.